The van der Waals surface area contributed by atoms with Crippen molar-refractivity contribution in [1.82, 2.24) is 4.31 Å². The van der Waals surface area contributed by atoms with Gasteiger partial charge in [0.05, 0.1) is 13.8 Å². The van der Waals surface area contributed by atoms with Crippen molar-refractivity contribution in [2.75, 3.05) is 6.54 Å². The Bertz CT molecular complexity index is 778. The first-order valence-electron chi connectivity index (χ1n) is 6.13. The van der Waals surface area contributed by atoms with E-state index >= 15 is 0 Å². The number of hydrogen-bond acceptors (Lipinski definition) is 4. The number of fused-ring (bicyclic) bond motifs is 1. The Morgan fingerprint density at radius 1 is 1.24 bits per heavy atom. The Labute approximate surface area is 143 Å². The van der Waals surface area contributed by atoms with Gasteiger partial charge in [-0.2, -0.15) is 4.31 Å². The quantitative estimate of drug-likeness (QED) is 0.755. The maximum Gasteiger partial charge on any atom is 0.243 e. The summed E-state index contributed by atoms with van der Waals surface area (Å²) in [7, 11) is -3.58. The molecule has 0 radical (unpaired) electrons. The molecule has 0 amide bonds. The third kappa shape index (κ3) is 2.79. The molecule has 2 heterocycles. The molecule has 0 saturated heterocycles. The van der Waals surface area contributed by atoms with Crippen LogP contribution in [-0.2, 0) is 23.0 Å². The van der Waals surface area contributed by atoms with Gasteiger partial charge < -0.3 is 5.11 Å². The fourth-order valence-electron chi connectivity index (χ4n) is 2.27. The van der Waals surface area contributed by atoms with E-state index in [1.54, 1.807) is 11.3 Å². The summed E-state index contributed by atoms with van der Waals surface area (Å²) in [5, 5.41) is 11.7. The number of nitrogens with zero attached hydrogens (tertiary/aromatic N) is 1. The molecule has 1 aromatic carbocycles. The van der Waals surface area contributed by atoms with Crippen LogP contribution in [0.5, 0.6) is 5.75 Å². The Morgan fingerprint density at radius 2 is 1.90 bits per heavy atom. The molecule has 3 rings (SSSR count). The molecule has 0 atom stereocenters. The zero-order chi connectivity index (χ0) is 15.2. The number of rotatable bonds is 2. The van der Waals surface area contributed by atoms with Crippen LogP contribution in [0.25, 0.3) is 0 Å². The lowest BCUT2D eigenvalue weighted by Crippen LogP contribution is -2.35. The van der Waals surface area contributed by atoms with Crippen LogP contribution in [0.4, 0.5) is 0 Å². The van der Waals surface area contributed by atoms with Gasteiger partial charge in [-0.15, -0.1) is 11.3 Å². The topological polar surface area (TPSA) is 57.6 Å². The first kappa shape index (κ1) is 15.5. The Morgan fingerprint density at radius 3 is 2.57 bits per heavy atom. The predicted octanol–water partition coefficient (Wildman–Crippen LogP) is 3.73. The number of phenols is 1. The average molecular weight is 453 g/mol. The highest BCUT2D eigenvalue weighted by atomic mass is 79.9. The fourth-order valence-corrected chi connectivity index (χ4v) is 6.12. The van der Waals surface area contributed by atoms with Gasteiger partial charge in [0, 0.05) is 18.0 Å². The molecule has 2 aromatic rings. The lowest BCUT2D eigenvalue weighted by molar-refractivity contribution is 0.394. The van der Waals surface area contributed by atoms with Gasteiger partial charge in [0.25, 0.3) is 0 Å². The summed E-state index contributed by atoms with van der Waals surface area (Å²) in [4.78, 5) is 1.42. The number of sulfonamides is 1. The second-order valence-electron chi connectivity index (χ2n) is 4.69. The number of benzene rings is 1. The van der Waals surface area contributed by atoms with Crippen LogP contribution in [-0.4, -0.2) is 24.4 Å². The Kier molecular flexibility index (Phi) is 4.17. The van der Waals surface area contributed by atoms with Crippen LogP contribution < -0.4 is 0 Å². The molecular weight excluding hydrogens is 442 g/mol. The SMILES string of the molecule is O=S(=O)(c1cc(Br)c(O)c(Br)c1)N1CCc2sccc2C1. The van der Waals surface area contributed by atoms with Gasteiger partial charge in [0.15, 0.2) is 0 Å². The minimum Gasteiger partial charge on any atom is -0.506 e. The highest BCUT2D eigenvalue weighted by Gasteiger charge is 2.29. The molecule has 1 aliphatic rings. The molecule has 0 saturated carbocycles. The molecule has 0 aliphatic carbocycles. The minimum absolute atomic E-state index is 0.00675. The molecule has 0 spiro atoms. The van der Waals surface area contributed by atoms with Crippen LogP contribution >= 0.6 is 43.2 Å². The summed E-state index contributed by atoms with van der Waals surface area (Å²) >= 11 is 8.01. The van der Waals surface area contributed by atoms with Crippen molar-refractivity contribution in [2.45, 2.75) is 17.9 Å². The van der Waals surface area contributed by atoms with Crippen LogP contribution in [0.1, 0.15) is 10.4 Å². The van der Waals surface area contributed by atoms with Gasteiger partial charge in [0.2, 0.25) is 10.0 Å². The Balaban J connectivity index is 1.98. The molecule has 112 valence electrons. The van der Waals surface area contributed by atoms with Crippen molar-refractivity contribution < 1.29 is 13.5 Å². The maximum atomic E-state index is 12.7. The van der Waals surface area contributed by atoms with Crippen LogP contribution in [0, 0.1) is 0 Å². The van der Waals surface area contributed by atoms with Crippen molar-refractivity contribution in [3.8, 4) is 5.75 Å². The standard InChI is InChI=1S/C13H11Br2NO3S2/c14-10-5-9(6-11(15)13(10)17)21(18,19)16-3-1-12-8(7-16)2-4-20-12/h2,4-6,17H,1,3,7H2. The third-order valence-corrected chi connectivity index (χ3v) is 7.46. The molecule has 0 unspecified atom stereocenters. The molecule has 1 N–H and O–H groups in total. The second-order valence-corrected chi connectivity index (χ2v) is 9.34. The van der Waals surface area contributed by atoms with E-state index in [9.17, 15) is 13.5 Å². The minimum atomic E-state index is -3.58. The third-order valence-electron chi connectivity index (χ3n) is 3.40. The first-order valence-corrected chi connectivity index (χ1v) is 10.0. The van der Waals surface area contributed by atoms with Gasteiger partial charge >= 0.3 is 0 Å². The largest absolute Gasteiger partial charge is 0.506 e. The lowest BCUT2D eigenvalue weighted by atomic mass is 10.1. The molecule has 1 aliphatic heterocycles. The van der Waals surface area contributed by atoms with E-state index in [1.165, 1.54) is 21.3 Å². The highest BCUT2D eigenvalue weighted by Crippen LogP contribution is 2.36. The number of hydrogen-bond donors (Lipinski definition) is 1. The summed E-state index contributed by atoms with van der Waals surface area (Å²) in [6.07, 6.45) is 0.743. The highest BCUT2D eigenvalue weighted by molar-refractivity contribution is 9.11. The van der Waals surface area contributed by atoms with Gasteiger partial charge in [-0.3, -0.25) is 0 Å². The summed E-state index contributed by atoms with van der Waals surface area (Å²) in [6, 6.07) is 4.83. The van der Waals surface area contributed by atoms with Crippen molar-refractivity contribution in [1.29, 1.82) is 0 Å². The smallest absolute Gasteiger partial charge is 0.243 e. The van der Waals surface area contributed by atoms with Gasteiger partial charge in [-0.25, -0.2) is 8.42 Å². The molecular formula is C13H11Br2NO3S2. The predicted molar refractivity (Wildman–Crippen MR) is 89.1 cm³/mol. The normalized spacial score (nSPS) is 15.9. The number of thiophene rings is 1. The monoisotopic (exact) mass is 451 g/mol. The van der Waals surface area contributed by atoms with E-state index in [-0.39, 0.29) is 10.6 Å². The maximum absolute atomic E-state index is 12.7. The number of halogens is 2. The van der Waals surface area contributed by atoms with Gasteiger partial charge in [-0.05, 0) is 67.4 Å². The molecule has 0 bridgehead atoms. The average Bonchev–Trinajstić information content (AvgIpc) is 2.91. The van der Waals surface area contributed by atoms with E-state index in [1.807, 2.05) is 11.4 Å². The molecule has 0 fully saturated rings. The number of aromatic hydroxyl groups is 1. The molecule has 4 nitrogen and oxygen atoms in total. The van der Waals surface area contributed by atoms with Crippen molar-refractivity contribution in [2.24, 2.45) is 0 Å². The van der Waals surface area contributed by atoms with Crippen molar-refractivity contribution in [3.63, 3.8) is 0 Å². The van der Waals surface area contributed by atoms with E-state index in [0.717, 1.165) is 12.0 Å². The van der Waals surface area contributed by atoms with E-state index < -0.39 is 10.0 Å². The number of phenolic OH excluding ortho intramolecular Hbond substituents is 1. The zero-order valence-corrected chi connectivity index (χ0v) is 15.5. The summed E-state index contributed by atoms with van der Waals surface area (Å²) in [6.45, 7) is 0.878. The summed E-state index contributed by atoms with van der Waals surface area (Å²) in [5.74, 6) is -0.00675. The van der Waals surface area contributed by atoms with Crippen molar-refractivity contribution >= 4 is 53.2 Å². The first-order chi connectivity index (χ1) is 9.89. The van der Waals surface area contributed by atoms with Crippen LogP contribution in [0.15, 0.2) is 37.4 Å². The lowest BCUT2D eigenvalue weighted by Gasteiger charge is -2.26. The molecule has 21 heavy (non-hydrogen) atoms. The van der Waals surface area contributed by atoms with Gasteiger partial charge in [-0.1, -0.05) is 0 Å². The van der Waals surface area contributed by atoms with E-state index in [2.05, 4.69) is 31.9 Å². The van der Waals surface area contributed by atoms with Crippen LogP contribution in [0.3, 0.4) is 0 Å². The molecule has 8 heteroatoms. The second kappa shape index (κ2) is 5.66. The van der Waals surface area contributed by atoms with Crippen LogP contribution in [0.2, 0.25) is 0 Å². The van der Waals surface area contributed by atoms with E-state index in [4.69, 9.17) is 0 Å². The van der Waals surface area contributed by atoms with Crippen molar-refractivity contribution in [3.05, 3.63) is 43.0 Å². The Hall–Kier alpha value is -0.410. The fraction of sp³-hybridized carbons (Fsp3) is 0.231. The van der Waals surface area contributed by atoms with Gasteiger partial charge in [0.1, 0.15) is 5.75 Å². The molecule has 1 aromatic heterocycles. The zero-order valence-electron chi connectivity index (χ0n) is 10.7. The summed E-state index contributed by atoms with van der Waals surface area (Å²) < 4.78 is 27.7. The summed E-state index contributed by atoms with van der Waals surface area (Å²) in [5.41, 5.74) is 1.08. The van der Waals surface area contributed by atoms with E-state index in [0.29, 0.717) is 22.0 Å².